The normalized spacial score (nSPS) is 14.5. The Bertz CT molecular complexity index is 953. The zero-order chi connectivity index (χ0) is 40.7. The van der Waals surface area contributed by atoms with E-state index in [9.17, 15) is 19.4 Å². The number of likely N-dealkylation sites (N-methyl/N-ethyl adjacent to an activating group) is 1. The average molecular weight is 800 g/mol. The van der Waals surface area contributed by atoms with E-state index in [1.54, 1.807) is 6.08 Å². The number of aliphatic hydroxyl groups excluding tert-OH is 1. The molecular weight excluding hydrogens is 707 g/mol. The fraction of sp³-hybridized carbons (Fsp3) is 0.891. The predicted molar refractivity (Wildman–Crippen MR) is 235 cm³/mol. The molecule has 3 atom stereocenters. The summed E-state index contributed by atoms with van der Waals surface area (Å²) < 4.78 is 23.5. The maximum Gasteiger partial charge on any atom is 0.472 e. The lowest BCUT2D eigenvalue weighted by Crippen LogP contribution is -2.45. The van der Waals surface area contributed by atoms with Gasteiger partial charge in [-0.05, 0) is 38.5 Å². The van der Waals surface area contributed by atoms with E-state index in [2.05, 4.69) is 31.3 Å². The lowest BCUT2D eigenvalue weighted by molar-refractivity contribution is -0.870. The molecule has 0 aromatic heterocycles. The highest BCUT2D eigenvalue weighted by molar-refractivity contribution is 7.47. The number of carbonyl (C=O) groups is 1. The van der Waals surface area contributed by atoms with Crippen LogP contribution < -0.4 is 5.32 Å². The fourth-order valence-electron chi connectivity index (χ4n) is 6.69. The summed E-state index contributed by atoms with van der Waals surface area (Å²) in [6, 6.07) is -0.857. The van der Waals surface area contributed by atoms with Gasteiger partial charge in [-0.25, -0.2) is 4.57 Å². The van der Waals surface area contributed by atoms with Crippen molar-refractivity contribution in [3.05, 3.63) is 24.3 Å². The zero-order valence-electron chi connectivity index (χ0n) is 36.9. The van der Waals surface area contributed by atoms with Gasteiger partial charge in [-0.15, -0.1) is 0 Å². The molecule has 0 bridgehead atoms. The van der Waals surface area contributed by atoms with Crippen molar-refractivity contribution in [2.45, 2.75) is 225 Å². The SMILES string of the molecule is CCCCCC/C=C\CCCC(=O)NC(COP(=O)(O)OCC[N+](C)(C)C)C(O)/C=C/CCCCCCCCCCCCCCCCCCCCCCCC. The smallest absolute Gasteiger partial charge is 0.387 e. The summed E-state index contributed by atoms with van der Waals surface area (Å²) in [5.41, 5.74) is 0. The summed E-state index contributed by atoms with van der Waals surface area (Å²) in [5.74, 6) is -0.212. The van der Waals surface area contributed by atoms with Gasteiger partial charge in [0.25, 0.3) is 0 Å². The molecule has 0 saturated heterocycles. The molecule has 0 aliphatic rings. The molecule has 0 aliphatic heterocycles. The van der Waals surface area contributed by atoms with Crippen molar-refractivity contribution in [2.75, 3.05) is 40.9 Å². The number of carbonyl (C=O) groups excluding carboxylic acids is 1. The van der Waals surface area contributed by atoms with Gasteiger partial charge in [0.1, 0.15) is 13.2 Å². The second kappa shape index (κ2) is 38.5. The van der Waals surface area contributed by atoms with Crippen molar-refractivity contribution in [1.82, 2.24) is 5.32 Å². The Kier molecular flexibility index (Phi) is 37.8. The van der Waals surface area contributed by atoms with Crippen LogP contribution in [0, 0.1) is 0 Å². The number of rotatable bonds is 42. The summed E-state index contributed by atoms with van der Waals surface area (Å²) in [5, 5.41) is 13.8. The molecule has 1 amide bonds. The molecule has 0 fully saturated rings. The topological polar surface area (TPSA) is 105 Å². The molecule has 8 nitrogen and oxygen atoms in total. The summed E-state index contributed by atoms with van der Waals surface area (Å²) >= 11 is 0. The zero-order valence-corrected chi connectivity index (χ0v) is 37.8. The van der Waals surface area contributed by atoms with Crippen LogP contribution >= 0.6 is 7.82 Å². The van der Waals surface area contributed by atoms with Crippen LogP contribution in [0.5, 0.6) is 0 Å². The van der Waals surface area contributed by atoms with E-state index in [1.807, 2.05) is 27.2 Å². The van der Waals surface area contributed by atoms with Gasteiger partial charge in [-0.1, -0.05) is 192 Å². The van der Waals surface area contributed by atoms with Crippen LogP contribution in [0.1, 0.15) is 213 Å². The number of allylic oxidation sites excluding steroid dienone is 3. The molecular formula is C46H92N2O6P+. The Morgan fingerprint density at radius 1 is 0.600 bits per heavy atom. The maximum atomic E-state index is 12.8. The Hall–Kier alpha value is -1.02. The molecule has 0 rings (SSSR count). The van der Waals surface area contributed by atoms with E-state index in [1.165, 1.54) is 154 Å². The van der Waals surface area contributed by atoms with Gasteiger partial charge in [-0.2, -0.15) is 0 Å². The molecule has 0 heterocycles. The number of unbranched alkanes of at least 4 members (excludes halogenated alkanes) is 27. The summed E-state index contributed by atoms with van der Waals surface area (Å²) in [4.78, 5) is 23.0. The number of phosphoric ester groups is 1. The number of nitrogens with one attached hydrogen (secondary N) is 1. The Morgan fingerprint density at radius 3 is 1.42 bits per heavy atom. The van der Waals surface area contributed by atoms with Crippen LogP contribution in [0.15, 0.2) is 24.3 Å². The Labute approximate surface area is 341 Å². The fourth-order valence-corrected chi connectivity index (χ4v) is 7.43. The molecule has 0 saturated carbocycles. The molecule has 3 unspecified atom stereocenters. The molecule has 0 radical (unpaired) electrons. The molecule has 0 aromatic rings. The minimum Gasteiger partial charge on any atom is -0.387 e. The summed E-state index contributed by atoms with van der Waals surface area (Å²) in [6.45, 7) is 4.76. The molecule has 0 aromatic carbocycles. The number of aliphatic hydroxyl groups is 1. The van der Waals surface area contributed by atoms with Crippen LogP contribution in [0.4, 0.5) is 0 Å². The Balaban J connectivity index is 4.22. The molecule has 326 valence electrons. The van der Waals surface area contributed by atoms with Crippen molar-refractivity contribution in [3.8, 4) is 0 Å². The quantitative estimate of drug-likeness (QED) is 0.0246. The van der Waals surface area contributed by atoms with Crippen LogP contribution in [0.3, 0.4) is 0 Å². The van der Waals surface area contributed by atoms with E-state index >= 15 is 0 Å². The standard InChI is InChI=1S/C46H91N2O6P/c1-6-8-10-12-14-16-17-18-19-20-21-22-23-24-25-26-27-28-29-30-32-33-35-37-39-45(49)44(43-54-55(51,52)53-42-41-48(3,4)5)47-46(50)40-38-36-34-31-15-13-11-9-7-2/h31,34,37,39,44-45,49H,6-30,32-33,35-36,38,40-43H2,1-5H3,(H-,47,50,51,52)/p+1/b34-31-,39-37+. The van der Waals surface area contributed by atoms with E-state index in [0.29, 0.717) is 23.9 Å². The van der Waals surface area contributed by atoms with Crippen LogP contribution in [0.25, 0.3) is 0 Å². The third-order valence-electron chi connectivity index (χ3n) is 10.4. The second-order valence-corrected chi connectivity index (χ2v) is 18.6. The van der Waals surface area contributed by atoms with Gasteiger partial charge in [0, 0.05) is 6.42 Å². The first kappa shape index (κ1) is 54.0. The predicted octanol–water partition coefficient (Wildman–Crippen LogP) is 12.9. The lowest BCUT2D eigenvalue weighted by atomic mass is 10.0. The average Bonchev–Trinajstić information content (AvgIpc) is 3.13. The van der Waals surface area contributed by atoms with Crippen molar-refractivity contribution >= 4 is 13.7 Å². The number of phosphoric acid groups is 1. The number of quaternary nitrogens is 1. The second-order valence-electron chi connectivity index (χ2n) is 17.1. The number of hydrogen-bond acceptors (Lipinski definition) is 5. The van der Waals surface area contributed by atoms with Crippen LogP contribution in [-0.4, -0.2) is 73.4 Å². The highest BCUT2D eigenvalue weighted by Gasteiger charge is 2.27. The molecule has 3 N–H and O–H groups in total. The van der Waals surface area contributed by atoms with E-state index < -0.39 is 20.0 Å². The maximum absolute atomic E-state index is 12.8. The van der Waals surface area contributed by atoms with E-state index in [4.69, 9.17) is 9.05 Å². The number of hydrogen-bond donors (Lipinski definition) is 3. The first-order valence-corrected chi connectivity index (χ1v) is 24.7. The molecule has 0 spiro atoms. The van der Waals surface area contributed by atoms with Gasteiger partial charge in [0.15, 0.2) is 0 Å². The van der Waals surface area contributed by atoms with E-state index in [0.717, 1.165) is 32.1 Å². The Morgan fingerprint density at radius 2 is 0.982 bits per heavy atom. The van der Waals surface area contributed by atoms with Crippen molar-refractivity contribution in [1.29, 1.82) is 0 Å². The highest BCUT2D eigenvalue weighted by atomic mass is 31.2. The van der Waals surface area contributed by atoms with Crippen molar-refractivity contribution < 1.29 is 32.9 Å². The van der Waals surface area contributed by atoms with Crippen LogP contribution in [0.2, 0.25) is 0 Å². The summed E-state index contributed by atoms with van der Waals surface area (Å²) in [7, 11) is 1.56. The first-order valence-electron chi connectivity index (χ1n) is 23.2. The van der Waals surface area contributed by atoms with Gasteiger partial charge in [0.2, 0.25) is 5.91 Å². The molecule has 9 heteroatoms. The van der Waals surface area contributed by atoms with Gasteiger partial charge in [0.05, 0.1) is 39.9 Å². The lowest BCUT2D eigenvalue weighted by Gasteiger charge is -2.25. The third-order valence-corrected chi connectivity index (χ3v) is 11.4. The number of nitrogens with zero attached hydrogens (tertiary/aromatic N) is 1. The molecule has 0 aliphatic carbocycles. The van der Waals surface area contributed by atoms with Gasteiger partial charge < -0.3 is 19.8 Å². The first-order chi connectivity index (χ1) is 26.5. The number of amides is 1. The monoisotopic (exact) mass is 800 g/mol. The summed E-state index contributed by atoms with van der Waals surface area (Å²) in [6.07, 6.45) is 45.6. The van der Waals surface area contributed by atoms with Crippen LogP contribution in [-0.2, 0) is 18.4 Å². The highest BCUT2D eigenvalue weighted by Crippen LogP contribution is 2.43. The van der Waals surface area contributed by atoms with E-state index in [-0.39, 0.29) is 19.1 Å². The van der Waals surface area contributed by atoms with Crippen molar-refractivity contribution in [2.24, 2.45) is 0 Å². The molecule has 55 heavy (non-hydrogen) atoms. The van der Waals surface area contributed by atoms with Gasteiger partial charge in [-0.3, -0.25) is 13.8 Å². The largest absolute Gasteiger partial charge is 0.472 e. The minimum atomic E-state index is -4.34. The third kappa shape index (κ3) is 41.0. The minimum absolute atomic E-state index is 0.0580. The van der Waals surface area contributed by atoms with Crippen molar-refractivity contribution in [3.63, 3.8) is 0 Å². The van der Waals surface area contributed by atoms with Gasteiger partial charge >= 0.3 is 7.82 Å².